The Morgan fingerprint density at radius 3 is 2.45 bits per heavy atom. The molecule has 0 saturated heterocycles. The highest BCUT2D eigenvalue weighted by Gasteiger charge is 2.01. The number of aromatic nitrogens is 1. The van der Waals surface area contributed by atoms with E-state index < -0.39 is 0 Å². The van der Waals surface area contributed by atoms with E-state index in [1.807, 2.05) is 62.4 Å². The molecule has 0 aromatic carbocycles. The molecule has 0 saturated carbocycles. The molecule has 0 fully saturated rings. The van der Waals surface area contributed by atoms with Gasteiger partial charge in [0.1, 0.15) is 0 Å². The van der Waals surface area contributed by atoms with Gasteiger partial charge in [-0.2, -0.15) is 0 Å². The molecule has 0 atom stereocenters. The van der Waals surface area contributed by atoms with E-state index in [4.69, 9.17) is 0 Å². The van der Waals surface area contributed by atoms with E-state index in [1.54, 1.807) is 6.08 Å². The molecule has 0 amide bonds. The van der Waals surface area contributed by atoms with Gasteiger partial charge in [0, 0.05) is 0 Å². The van der Waals surface area contributed by atoms with E-state index in [9.17, 15) is 0 Å². The SMILES string of the molecule is C=C/C=C(C)\C(=C/C)c1ccc(=C)ccccc(=C)n1. The van der Waals surface area contributed by atoms with E-state index in [-0.39, 0.29) is 0 Å². The first-order chi connectivity index (χ1) is 9.58. The molecular weight excluding hydrogens is 242 g/mol. The number of allylic oxidation sites excluding steroid dienone is 5. The number of rotatable bonds is 3. The van der Waals surface area contributed by atoms with Crippen LogP contribution in [-0.4, -0.2) is 4.98 Å². The van der Waals surface area contributed by atoms with Crippen LogP contribution in [0, 0.1) is 0 Å². The van der Waals surface area contributed by atoms with Crippen molar-refractivity contribution in [3.05, 3.63) is 83.0 Å². The van der Waals surface area contributed by atoms with Crippen LogP contribution in [0.3, 0.4) is 0 Å². The second-order valence-electron chi connectivity index (χ2n) is 4.40. The highest BCUT2D eigenvalue weighted by molar-refractivity contribution is 5.76. The molecule has 0 aliphatic heterocycles. The summed E-state index contributed by atoms with van der Waals surface area (Å²) in [5.74, 6) is 0. The zero-order valence-electron chi connectivity index (χ0n) is 12.3. The molecule has 1 aromatic heterocycles. The molecule has 1 heterocycles. The third-order valence-corrected chi connectivity index (χ3v) is 2.79. The largest absolute Gasteiger partial charge is 0.249 e. The first kappa shape index (κ1) is 15.6. The first-order valence-electron chi connectivity index (χ1n) is 6.54. The van der Waals surface area contributed by atoms with Crippen molar-refractivity contribution in [2.24, 2.45) is 0 Å². The summed E-state index contributed by atoms with van der Waals surface area (Å²) in [7, 11) is 0. The third kappa shape index (κ3) is 4.69. The van der Waals surface area contributed by atoms with Crippen molar-refractivity contribution in [2.75, 3.05) is 0 Å². The summed E-state index contributed by atoms with van der Waals surface area (Å²) in [6.45, 7) is 15.7. The average molecular weight is 263 g/mol. The van der Waals surface area contributed by atoms with E-state index in [0.29, 0.717) is 5.35 Å². The minimum atomic E-state index is 0.715. The predicted octanol–water partition coefficient (Wildman–Crippen LogP) is 3.56. The molecule has 20 heavy (non-hydrogen) atoms. The van der Waals surface area contributed by atoms with E-state index >= 15 is 0 Å². The minimum absolute atomic E-state index is 0.715. The van der Waals surface area contributed by atoms with E-state index in [1.165, 1.54) is 0 Å². The summed E-state index contributed by atoms with van der Waals surface area (Å²) in [6.07, 6.45) is 5.79. The molecule has 0 radical (unpaired) electrons. The van der Waals surface area contributed by atoms with Crippen molar-refractivity contribution >= 4 is 18.7 Å². The van der Waals surface area contributed by atoms with Crippen LogP contribution in [0.5, 0.6) is 0 Å². The van der Waals surface area contributed by atoms with Crippen LogP contribution in [0.2, 0.25) is 0 Å². The van der Waals surface area contributed by atoms with Gasteiger partial charge in [0.05, 0.1) is 11.0 Å². The van der Waals surface area contributed by atoms with Gasteiger partial charge in [-0.1, -0.05) is 62.2 Å². The van der Waals surface area contributed by atoms with Crippen LogP contribution in [0.25, 0.3) is 18.7 Å². The Morgan fingerprint density at radius 1 is 1.10 bits per heavy atom. The van der Waals surface area contributed by atoms with Crippen LogP contribution >= 0.6 is 0 Å². The van der Waals surface area contributed by atoms with Gasteiger partial charge in [-0.25, -0.2) is 4.98 Å². The van der Waals surface area contributed by atoms with Crippen molar-refractivity contribution in [2.45, 2.75) is 13.8 Å². The lowest BCUT2D eigenvalue weighted by Crippen LogP contribution is -2.04. The van der Waals surface area contributed by atoms with Gasteiger partial charge in [0.15, 0.2) is 0 Å². The lowest BCUT2D eigenvalue weighted by Gasteiger charge is -2.05. The topological polar surface area (TPSA) is 12.9 Å². The fraction of sp³-hybridized carbons (Fsp3) is 0.105. The summed E-state index contributed by atoms with van der Waals surface area (Å²) >= 11 is 0. The Hall–Kier alpha value is -2.41. The average Bonchev–Trinajstić information content (AvgIpc) is 2.41. The molecular formula is C19H21N. The van der Waals surface area contributed by atoms with Crippen LogP contribution in [0.15, 0.2) is 66.8 Å². The Bertz CT molecular complexity index is 692. The number of nitrogens with zero attached hydrogens (tertiary/aromatic N) is 1. The summed E-state index contributed by atoms with van der Waals surface area (Å²) in [4.78, 5) is 4.58. The number of hydrogen-bond donors (Lipinski definition) is 0. The van der Waals surface area contributed by atoms with Crippen molar-refractivity contribution in [1.82, 2.24) is 4.98 Å². The molecule has 1 aromatic rings. The fourth-order valence-electron chi connectivity index (χ4n) is 1.81. The quantitative estimate of drug-likeness (QED) is 0.760. The molecule has 1 rings (SSSR count). The van der Waals surface area contributed by atoms with E-state index in [0.717, 1.165) is 22.1 Å². The molecule has 0 spiro atoms. The lowest BCUT2D eigenvalue weighted by molar-refractivity contribution is 1.23. The molecule has 0 aliphatic rings. The smallest absolute Gasteiger partial charge is 0.0708 e. The molecule has 0 aliphatic carbocycles. The fourth-order valence-corrected chi connectivity index (χ4v) is 1.81. The van der Waals surface area contributed by atoms with Gasteiger partial charge in [-0.15, -0.1) is 0 Å². The van der Waals surface area contributed by atoms with Gasteiger partial charge >= 0.3 is 0 Å². The van der Waals surface area contributed by atoms with Gasteiger partial charge in [0.25, 0.3) is 0 Å². The zero-order chi connectivity index (χ0) is 15.0. The van der Waals surface area contributed by atoms with Crippen LogP contribution in [-0.2, 0) is 0 Å². The molecule has 0 bridgehead atoms. The maximum atomic E-state index is 4.58. The molecule has 0 unspecified atom stereocenters. The lowest BCUT2D eigenvalue weighted by atomic mass is 10.0. The summed E-state index contributed by atoms with van der Waals surface area (Å²) < 4.78 is 0. The van der Waals surface area contributed by atoms with Crippen LogP contribution in [0.4, 0.5) is 0 Å². The van der Waals surface area contributed by atoms with Crippen molar-refractivity contribution in [3.8, 4) is 0 Å². The summed E-state index contributed by atoms with van der Waals surface area (Å²) in [5.41, 5.74) is 3.04. The molecule has 1 nitrogen and oxygen atoms in total. The Balaban J connectivity index is 3.62. The maximum Gasteiger partial charge on any atom is 0.0708 e. The summed E-state index contributed by atoms with van der Waals surface area (Å²) in [5, 5.41) is 1.64. The monoisotopic (exact) mass is 263 g/mol. The third-order valence-electron chi connectivity index (χ3n) is 2.79. The highest BCUT2D eigenvalue weighted by Crippen LogP contribution is 2.19. The van der Waals surface area contributed by atoms with Crippen molar-refractivity contribution < 1.29 is 0 Å². The molecule has 102 valence electrons. The van der Waals surface area contributed by atoms with Crippen LogP contribution in [0.1, 0.15) is 19.5 Å². The predicted molar refractivity (Wildman–Crippen MR) is 89.8 cm³/mol. The van der Waals surface area contributed by atoms with Crippen molar-refractivity contribution in [1.29, 1.82) is 0 Å². The Morgan fingerprint density at radius 2 is 1.80 bits per heavy atom. The van der Waals surface area contributed by atoms with Gasteiger partial charge in [0.2, 0.25) is 0 Å². The van der Waals surface area contributed by atoms with Gasteiger partial charge in [-0.05, 0) is 42.3 Å². The second kappa shape index (κ2) is 7.90. The normalized spacial score (nSPS) is 11.7. The number of hydrogen-bond acceptors (Lipinski definition) is 1. The van der Waals surface area contributed by atoms with E-state index in [2.05, 4.69) is 24.7 Å². The standard InChI is InChI=1S/C19H21N/c1-6-10-16(4)18(7-2)19-14-13-15(3)11-8-9-12-17(5)20-19/h6-14H,1,3,5H2,2,4H3/b11-8?,12-9?,14-13?,16-10-,18-7+,20-19?. The van der Waals surface area contributed by atoms with Crippen molar-refractivity contribution in [3.63, 3.8) is 0 Å². The Kier molecular flexibility index (Phi) is 6.18. The molecule has 1 heteroatoms. The highest BCUT2D eigenvalue weighted by atomic mass is 14.7. The zero-order valence-corrected chi connectivity index (χ0v) is 12.3. The van der Waals surface area contributed by atoms with Crippen LogP contribution < -0.4 is 10.6 Å². The summed E-state index contributed by atoms with van der Waals surface area (Å²) in [6, 6.07) is 11.6. The second-order valence-corrected chi connectivity index (χ2v) is 4.40. The van der Waals surface area contributed by atoms with Gasteiger partial charge < -0.3 is 0 Å². The molecule has 0 N–H and O–H groups in total. The Labute approximate surface area is 121 Å². The first-order valence-corrected chi connectivity index (χ1v) is 6.54. The minimum Gasteiger partial charge on any atom is -0.249 e. The maximum absolute atomic E-state index is 4.58. The van der Waals surface area contributed by atoms with Gasteiger partial charge in [-0.3, -0.25) is 0 Å².